The van der Waals surface area contributed by atoms with E-state index in [4.69, 9.17) is 0 Å². The van der Waals surface area contributed by atoms with Gasteiger partial charge in [0.25, 0.3) is 10.2 Å². The van der Waals surface area contributed by atoms with Crippen molar-refractivity contribution in [1.82, 2.24) is 13.9 Å². The minimum absolute atomic E-state index is 0.0891. The molecule has 1 aliphatic heterocycles. The smallest absolute Gasteiger partial charge is 0.279 e. The van der Waals surface area contributed by atoms with Crippen LogP contribution >= 0.6 is 11.3 Å². The van der Waals surface area contributed by atoms with Gasteiger partial charge in [-0.05, 0) is 30.7 Å². The van der Waals surface area contributed by atoms with Crippen molar-refractivity contribution in [3.05, 3.63) is 22.4 Å². The molecule has 124 valence electrons. The first-order chi connectivity index (χ1) is 10.4. The van der Waals surface area contributed by atoms with E-state index in [9.17, 15) is 13.2 Å². The lowest BCUT2D eigenvalue weighted by molar-refractivity contribution is -0.132. The molecule has 1 aliphatic rings. The van der Waals surface area contributed by atoms with Crippen LogP contribution in [0, 0.1) is 0 Å². The average molecular weight is 345 g/mol. The molecule has 1 saturated heterocycles. The Morgan fingerprint density at radius 3 is 2.64 bits per heavy atom. The zero-order chi connectivity index (χ0) is 16.2. The third kappa shape index (κ3) is 4.77. The van der Waals surface area contributed by atoms with Gasteiger partial charge in [-0.25, -0.2) is 0 Å². The van der Waals surface area contributed by atoms with Crippen LogP contribution in [0.1, 0.15) is 24.1 Å². The van der Waals surface area contributed by atoms with E-state index in [-0.39, 0.29) is 11.9 Å². The molecule has 1 amide bonds. The molecule has 1 N–H and O–H groups in total. The minimum Gasteiger partial charge on any atom is -0.343 e. The number of piperidine rings is 1. The van der Waals surface area contributed by atoms with Crippen molar-refractivity contribution in [3.63, 3.8) is 0 Å². The number of rotatable bonds is 6. The van der Waals surface area contributed by atoms with Gasteiger partial charge in [-0.2, -0.15) is 17.4 Å². The highest BCUT2D eigenvalue weighted by atomic mass is 32.2. The predicted molar refractivity (Wildman–Crippen MR) is 88.0 cm³/mol. The van der Waals surface area contributed by atoms with Crippen molar-refractivity contribution in [2.24, 2.45) is 0 Å². The van der Waals surface area contributed by atoms with Gasteiger partial charge >= 0.3 is 0 Å². The van der Waals surface area contributed by atoms with Crippen LogP contribution in [0.5, 0.6) is 0 Å². The van der Waals surface area contributed by atoms with E-state index >= 15 is 0 Å². The van der Waals surface area contributed by atoms with Gasteiger partial charge in [-0.15, -0.1) is 11.3 Å². The SMILES string of the molecule is CN(C)S(=O)(=O)NC1CCN(C(=O)CCc2cccs2)CC1. The molecular formula is C14H23N3O3S2. The minimum atomic E-state index is -3.39. The topological polar surface area (TPSA) is 69.7 Å². The first-order valence-corrected chi connectivity index (χ1v) is 9.70. The summed E-state index contributed by atoms with van der Waals surface area (Å²) in [5, 5.41) is 2.02. The second-order valence-electron chi connectivity index (χ2n) is 5.64. The molecule has 2 heterocycles. The summed E-state index contributed by atoms with van der Waals surface area (Å²) >= 11 is 1.67. The Morgan fingerprint density at radius 2 is 2.09 bits per heavy atom. The van der Waals surface area contributed by atoms with Crippen molar-refractivity contribution in [3.8, 4) is 0 Å². The highest BCUT2D eigenvalue weighted by molar-refractivity contribution is 7.87. The van der Waals surface area contributed by atoms with Gasteiger partial charge in [0.1, 0.15) is 0 Å². The predicted octanol–water partition coefficient (Wildman–Crippen LogP) is 1.07. The number of amides is 1. The van der Waals surface area contributed by atoms with Gasteiger partial charge in [-0.1, -0.05) is 6.07 Å². The van der Waals surface area contributed by atoms with Crippen LogP contribution in [-0.2, 0) is 21.4 Å². The Labute approximate surface area is 136 Å². The Kier molecular flexibility index (Phi) is 5.96. The molecule has 8 heteroatoms. The van der Waals surface area contributed by atoms with E-state index in [1.165, 1.54) is 23.3 Å². The molecule has 0 aromatic carbocycles. The van der Waals surface area contributed by atoms with Gasteiger partial charge in [0, 0.05) is 44.5 Å². The molecule has 1 fully saturated rings. The maximum Gasteiger partial charge on any atom is 0.279 e. The van der Waals surface area contributed by atoms with E-state index in [0.717, 1.165) is 6.42 Å². The molecule has 6 nitrogen and oxygen atoms in total. The molecule has 1 aromatic rings. The van der Waals surface area contributed by atoms with Crippen LogP contribution in [-0.4, -0.2) is 56.8 Å². The van der Waals surface area contributed by atoms with Crippen LogP contribution in [0.25, 0.3) is 0 Å². The summed E-state index contributed by atoms with van der Waals surface area (Å²) in [6.07, 6.45) is 2.63. The van der Waals surface area contributed by atoms with E-state index in [2.05, 4.69) is 4.72 Å². The largest absolute Gasteiger partial charge is 0.343 e. The van der Waals surface area contributed by atoms with Gasteiger partial charge in [0.15, 0.2) is 0 Å². The maximum absolute atomic E-state index is 12.2. The fraction of sp³-hybridized carbons (Fsp3) is 0.643. The fourth-order valence-corrected chi connectivity index (χ4v) is 3.98. The highest BCUT2D eigenvalue weighted by Gasteiger charge is 2.26. The molecule has 0 spiro atoms. The van der Waals surface area contributed by atoms with Crippen LogP contribution in [0.2, 0.25) is 0 Å². The summed E-state index contributed by atoms with van der Waals surface area (Å²) in [4.78, 5) is 15.2. The monoisotopic (exact) mass is 345 g/mol. The normalized spacial score (nSPS) is 17.1. The summed E-state index contributed by atoms with van der Waals surface area (Å²) in [5.74, 6) is 0.155. The van der Waals surface area contributed by atoms with E-state index in [1.807, 2.05) is 22.4 Å². The van der Waals surface area contributed by atoms with E-state index < -0.39 is 10.2 Å². The summed E-state index contributed by atoms with van der Waals surface area (Å²) in [7, 11) is -0.383. The molecular weight excluding hydrogens is 322 g/mol. The summed E-state index contributed by atoms with van der Waals surface area (Å²) in [6.45, 7) is 1.23. The van der Waals surface area contributed by atoms with Crippen molar-refractivity contribution in [2.45, 2.75) is 31.7 Å². The second-order valence-corrected chi connectivity index (χ2v) is 8.59. The molecule has 0 aliphatic carbocycles. The molecule has 22 heavy (non-hydrogen) atoms. The van der Waals surface area contributed by atoms with Crippen LogP contribution < -0.4 is 4.72 Å². The average Bonchev–Trinajstić information content (AvgIpc) is 2.98. The number of likely N-dealkylation sites (tertiary alicyclic amines) is 1. The molecule has 0 bridgehead atoms. The first-order valence-electron chi connectivity index (χ1n) is 7.38. The van der Waals surface area contributed by atoms with Crippen molar-refractivity contribution < 1.29 is 13.2 Å². The zero-order valence-electron chi connectivity index (χ0n) is 13.0. The maximum atomic E-state index is 12.2. The lowest BCUT2D eigenvalue weighted by atomic mass is 10.1. The molecule has 1 aromatic heterocycles. The van der Waals surface area contributed by atoms with Crippen molar-refractivity contribution in [1.29, 1.82) is 0 Å². The van der Waals surface area contributed by atoms with Crippen LogP contribution in [0.15, 0.2) is 17.5 Å². The Balaban J connectivity index is 1.75. The number of nitrogens with one attached hydrogen (secondary N) is 1. The first kappa shape index (κ1) is 17.4. The molecule has 0 saturated carbocycles. The lowest BCUT2D eigenvalue weighted by Gasteiger charge is -2.32. The summed E-state index contributed by atoms with van der Waals surface area (Å²) < 4.78 is 27.4. The molecule has 0 radical (unpaired) electrons. The van der Waals surface area contributed by atoms with Gasteiger partial charge in [0.2, 0.25) is 5.91 Å². The summed E-state index contributed by atoms with van der Waals surface area (Å²) in [6, 6.07) is 3.95. The van der Waals surface area contributed by atoms with Crippen LogP contribution in [0.3, 0.4) is 0 Å². The van der Waals surface area contributed by atoms with E-state index in [1.54, 1.807) is 11.3 Å². The Bertz CT molecular complexity index is 576. The molecule has 0 atom stereocenters. The standard InChI is InChI=1S/C14H23N3O3S2/c1-16(2)22(19,20)15-12-7-9-17(10-8-12)14(18)6-5-13-4-3-11-21-13/h3-4,11-12,15H,5-10H2,1-2H3. The number of carbonyl (C=O) groups excluding carboxylic acids is 1. The van der Waals surface area contributed by atoms with E-state index in [0.29, 0.717) is 32.4 Å². The molecule has 2 rings (SSSR count). The van der Waals surface area contributed by atoms with Crippen molar-refractivity contribution in [2.75, 3.05) is 27.2 Å². The highest BCUT2D eigenvalue weighted by Crippen LogP contribution is 2.15. The van der Waals surface area contributed by atoms with Crippen LogP contribution in [0.4, 0.5) is 0 Å². The van der Waals surface area contributed by atoms with Crippen molar-refractivity contribution >= 4 is 27.5 Å². The second kappa shape index (κ2) is 7.54. The number of hydrogen-bond donors (Lipinski definition) is 1. The third-order valence-corrected chi connectivity index (χ3v) is 6.34. The number of nitrogens with zero attached hydrogens (tertiary/aromatic N) is 2. The molecule has 0 unspecified atom stereocenters. The van der Waals surface area contributed by atoms with Gasteiger partial charge in [-0.3, -0.25) is 4.79 Å². The summed E-state index contributed by atoms with van der Waals surface area (Å²) in [5.41, 5.74) is 0. The van der Waals surface area contributed by atoms with Gasteiger partial charge < -0.3 is 4.90 Å². The number of aryl methyl sites for hydroxylation is 1. The number of thiophene rings is 1. The number of hydrogen-bond acceptors (Lipinski definition) is 4. The quantitative estimate of drug-likeness (QED) is 0.838. The Morgan fingerprint density at radius 1 is 1.41 bits per heavy atom. The fourth-order valence-electron chi connectivity index (χ4n) is 2.41. The lowest BCUT2D eigenvalue weighted by Crippen LogP contribution is -2.49. The zero-order valence-corrected chi connectivity index (χ0v) is 14.6. The van der Waals surface area contributed by atoms with Gasteiger partial charge in [0.05, 0.1) is 0 Å². The number of carbonyl (C=O) groups is 1. The Hall–Kier alpha value is -0.960. The third-order valence-electron chi connectivity index (χ3n) is 3.81.